The number of aromatic nitrogens is 1. The Labute approximate surface area is 110 Å². The van der Waals surface area contributed by atoms with Crippen molar-refractivity contribution in [1.82, 2.24) is 4.57 Å². The van der Waals surface area contributed by atoms with E-state index in [1.54, 1.807) is 35.2 Å². The zero-order chi connectivity index (χ0) is 13.1. The van der Waals surface area contributed by atoms with Crippen molar-refractivity contribution in [3.8, 4) is 0 Å². The largest absolute Gasteiger partial charge is 0.455 e. The van der Waals surface area contributed by atoms with Crippen LogP contribution in [0.5, 0.6) is 0 Å². The third kappa shape index (κ3) is 2.73. The minimum Gasteiger partial charge on any atom is -0.455 e. The summed E-state index contributed by atoms with van der Waals surface area (Å²) in [6.45, 7) is 2.42. The summed E-state index contributed by atoms with van der Waals surface area (Å²) >= 11 is 1.67. The summed E-state index contributed by atoms with van der Waals surface area (Å²) in [6, 6.07) is 5.68. The van der Waals surface area contributed by atoms with E-state index in [1.807, 2.05) is 6.07 Å². The van der Waals surface area contributed by atoms with Crippen molar-refractivity contribution >= 4 is 23.0 Å². The first-order valence-electron chi connectivity index (χ1n) is 5.76. The van der Waals surface area contributed by atoms with E-state index in [-0.39, 0.29) is 5.97 Å². The van der Waals surface area contributed by atoms with Gasteiger partial charge in [0.05, 0.1) is 5.69 Å². The number of hydrogen-bond donors (Lipinski definition) is 1. The summed E-state index contributed by atoms with van der Waals surface area (Å²) in [5.74, 6) is -0.347. The van der Waals surface area contributed by atoms with Crippen molar-refractivity contribution in [2.75, 3.05) is 5.73 Å². The van der Waals surface area contributed by atoms with Gasteiger partial charge in [0.1, 0.15) is 12.3 Å². The Morgan fingerprint density at radius 3 is 2.72 bits per heavy atom. The van der Waals surface area contributed by atoms with Crippen molar-refractivity contribution in [1.29, 1.82) is 0 Å². The number of esters is 1. The van der Waals surface area contributed by atoms with Crippen LogP contribution in [0.15, 0.2) is 24.4 Å². The molecule has 0 aliphatic rings. The minimum atomic E-state index is -0.347. The summed E-state index contributed by atoms with van der Waals surface area (Å²) in [6.07, 6.45) is 2.70. The molecule has 0 saturated heterocycles. The fourth-order valence-corrected chi connectivity index (χ4v) is 2.56. The molecule has 0 unspecified atom stereocenters. The second-order valence-corrected chi connectivity index (χ2v) is 5.32. The van der Waals surface area contributed by atoms with Gasteiger partial charge in [0.15, 0.2) is 0 Å². The molecule has 0 aliphatic carbocycles. The molecule has 2 heterocycles. The zero-order valence-corrected chi connectivity index (χ0v) is 11.3. The fourth-order valence-electron chi connectivity index (χ4n) is 1.69. The van der Waals surface area contributed by atoms with Crippen LogP contribution in [0, 0.1) is 0 Å². The third-order valence-electron chi connectivity index (χ3n) is 2.65. The molecule has 2 aromatic rings. The van der Waals surface area contributed by atoms with Crippen LogP contribution in [-0.2, 0) is 24.8 Å². The van der Waals surface area contributed by atoms with Crippen molar-refractivity contribution < 1.29 is 9.53 Å². The lowest BCUT2D eigenvalue weighted by Gasteiger charge is -2.03. The smallest absolute Gasteiger partial charge is 0.355 e. The Morgan fingerprint density at radius 2 is 2.17 bits per heavy atom. The van der Waals surface area contributed by atoms with Crippen molar-refractivity contribution in [2.24, 2.45) is 7.05 Å². The highest BCUT2D eigenvalue weighted by Gasteiger charge is 2.12. The summed E-state index contributed by atoms with van der Waals surface area (Å²) < 4.78 is 6.93. The van der Waals surface area contributed by atoms with Gasteiger partial charge in [0.25, 0.3) is 0 Å². The molecule has 0 aromatic carbocycles. The molecule has 0 atom stereocenters. The van der Waals surface area contributed by atoms with Gasteiger partial charge in [-0.05, 0) is 24.6 Å². The summed E-state index contributed by atoms with van der Waals surface area (Å²) in [7, 11) is 1.77. The van der Waals surface area contributed by atoms with E-state index >= 15 is 0 Å². The van der Waals surface area contributed by atoms with E-state index in [1.165, 1.54) is 4.88 Å². The maximum Gasteiger partial charge on any atom is 0.355 e. The first-order valence-corrected chi connectivity index (χ1v) is 6.58. The van der Waals surface area contributed by atoms with E-state index in [0.29, 0.717) is 18.0 Å². The Balaban J connectivity index is 1.98. The van der Waals surface area contributed by atoms with Crippen LogP contribution in [-0.4, -0.2) is 10.5 Å². The molecule has 5 heteroatoms. The first kappa shape index (κ1) is 12.7. The molecular formula is C13H16N2O2S. The number of hydrogen-bond acceptors (Lipinski definition) is 4. The SMILES string of the molecule is CCc1ccc(COC(=O)c2cc(N)cn2C)s1. The van der Waals surface area contributed by atoms with Crippen molar-refractivity contribution in [3.05, 3.63) is 39.8 Å². The average molecular weight is 264 g/mol. The van der Waals surface area contributed by atoms with E-state index in [4.69, 9.17) is 10.5 Å². The number of anilines is 1. The predicted molar refractivity (Wildman–Crippen MR) is 72.6 cm³/mol. The van der Waals surface area contributed by atoms with Gasteiger partial charge in [0, 0.05) is 23.0 Å². The summed E-state index contributed by atoms with van der Waals surface area (Å²) in [5, 5.41) is 0. The van der Waals surface area contributed by atoms with Gasteiger partial charge in [-0.25, -0.2) is 4.79 Å². The lowest BCUT2D eigenvalue weighted by atomic mass is 10.4. The monoisotopic (exact) mass is 264 g/mol. The molecule has 0 saturated carbocycles. The molecule has 0 amide bonds. The van der Waals surface area contributed by atoms with Gasteiger partial charge in [-0.15, -0.1) is 11.3 Å². The molecule has 0 radical (unpaired) electrons. The molecular weight excluding hydrogens is 248 g/mol. The van der Waals surface area contributed by atoms with E-state index in [9.17, 15) is 4.79 Å². The predicted octanol–water partition coefficient (Wildman–Crippen LogP) is 2.59. The number of nitrogens with two attached hydrogens (primary N) is 1. The molecule has 0 bridgehead atoms. The van der Waals surface area contributed by atoms with E-state index in [2.05, 4.69) is 13.0 Å². The summed E-state index contributed by atoms with van der Waals surface area (Å²) in [4.78, 5) is 14.2. The second kappa shape index (κ2) is 5.27. The van der Waals surface area contributed by atoms with Crippen LogP contribution in [0.2, 0.25) is 0 Å². The highest BCUT2D eigenvalue weighted by molar-refractivity contribution is 7.11. The van der Waals surface area contributed by atoms with Crippen molar-refractivity contribution in [2.45, 2.75) is 20.0 Å². The maximum absolute atomic E-state index is 11.8. The van der Waals surface area contributed by atoms with Gasteiger partial charge < -0.3 is 15.0 Å². The van der Waals surface area contributed by atoms with Crippen LogP contribution in [0.25, 0.3) is 0 Å². The number of ether oxygens (including phenoxy) is 1. The molecule has 0 fully saturated rings. The Bertz CT molecular complexity index is 557. The van der Waals surface area contributed by atoms with Gasteiger partial charge >= 0.3 is 5.97 Å². The number of carbonyl (C=O) groups is 1. The number of nitrogen functional groups attached to an aromatic ring is 1. The lowest BCUT2D eigenvalue weighted by Crippen LogP contribution is -2.09. The van der Waals surface area contributed by atoms with Gasteiger partial charge in [-0.3, -0.25) is 0 Å². The van der Waals surface area contributed by atoms with E-state index in [0.717, 1.165) is 11.3 Å². The maximum atomic E-state index is 11.8. The van der Waals surface area contributed by atoms with Gasteiger partial charge in [-0.1, -0.05) is 6.92 Å². The van der Waals surface area contributed by atoms with Gasteiger partial charge in [0.2, 0.25) is 0 Å². The molecule has 18 heavy (non-hydrogen) atoms. The number of rotatable bonds is 4. The molecule has 4 nitrogen and oxygen atoms in total. The molecule has 0 aliphatic heterocycles. The highest BCUT2D eigenvalue weighted by Crippen LogP contribution is 2.18. The minimum absolute atomic E-state index is 0.314. The normalized spacial score (nSPS) is 10.6. The van der Waals surface area contributed by atoms with Crippen LogP contribution >= 0.6 is 11.3 Å². The number of aryl methyl sites for hydroxylation is 2. The Kier molecular flexibility index (Phi) is 3.72. The topological polar surface area (TPSA) is 57.2 Å². The summed E-state index contributed by atoms with van der Waals surface area (Å²) in [5.41, 5.74) is 6.66. The molecule has 0 spiro atoms. The van der Waals surface area contributed by atoms with Crippen LogP contribution in [0.1, 0.15) is 27.2 Å². The Morgan fingerprint density at radius 1 is 1.44 bits per heavy atom. The average Bonchev–Trinajstić information content (AvgIpc) is 2.92. The third-order valence-corrected chi connectivity index (χ3v) is 3.85. The van der Waals surface area contributed by atoms with Crippen molar-refractivity contribution in [3.63, 3.8) is 0 Å². The highest BCUT2D eigenvalue weighted by atomic mass is 32.1. The zero-order valence-electron chi connectivity index (χ0n) is 10.5. The fraction of sp³-hybridized carbons (Fsp3) is 0.308. The first-order chi connectivity index (χ1) is 8.60. The van der Waals surface area contributed by atoms with Crippen LogP contribution in [0.4, 0.5) is 5.69 Å². The standard InChI is InChI=1S/C13H16N2O2S/c1-3-10-4-5-11(18-10)8-17-13(16)12-6-9(14)7-15(12)2/h4-7H,3,8,14H2,1-2H3. The molecule has 96 valence electrons. The number of nitrogens with zero attached hydrogens (tertiary/aromatic N) is 1. The molecule has 2 aromatic heterocycles. The second-order valence-electron chi connectivity index (χ2n) is 4.07. The quantitative estimate of drug-likeness (QED) is 0.863. The molecule has 2 rings (SSSR count). The van der Waals surface area contributed by atoms with Crippen LogP contribution in [0.3, 0.4) is 0 Å². The number of carbonyl (C=O) groups excluding carboxylic acids is 1. The lowest BCUT2D eigenvalue weighted by molar-refractivity contribution is 0.0465. The van der Waals surface area contributed by atoms with Gasteiger partial charge in [-0.2, -0.15) is 0 Å². The van der Waals surface area contributed by atoms with E-state index < -0.39 is 0 Å². The number of thiophene rings is 1. The Hall–Kier alpha value is -1.75. The molecule has 2 N–H and O–H groups in total. The van der Waals surface area contributed by atoms with Crippen LogP contribution < -0.4 is 5.73 Å².